The lowest BCUT2D eigenvalue weighted by molar-refractivity contribution is 1.11. The van der Waals surface area contributed by atoms with Crippen molar-refractivity contribution in [2.75, 3.05) is 11.1 Å². The molecule has 84 valence electrons. The highest BCUT2D eigenvalue weighted by atomic mass is 15.2. The summed E-state index contributed by atoms with van der Waals surface area (Å²) in [6, 6.07) is 7.35. The molecule has 17 heavy (non-hydrogen) atoms. The molecule has 0 fully saturated rings. The fourth-order valence-corrected chi connectivity index (χ4v) is 1.61. The molecule has 4 N–H and O–H groups in total. The van der Waals surface area contributed by atoms with Crippen molar-refractivity contribution in [3.63, 3.8) is 0 Å². The van der Waals surface area contributed by atoms with Crippen molar-refractivity contribution in [2.45, 2.75) is 0 Å². The van der Waals surface area contributed by atoms with Crippen LogP contribution in [0.1, 0.15) is 0 Å². The van der Waals surface area contributed by atoms with Gasteiger partial charge in [0, 0.05) is 17.3 Å². The summed E-state index contributed by atoms with van der Waals surface area (Å²) >= 11 is 0. The second kappa shape index (κ2) is 3.75. The maximum atomic E-state index is 5.75. The lowest BCUT2D eigenvalue weighted by Crippen LogP contribution is -1.94. The number of aromatic amines is 1. The molecule has 3 aromatic rings. The molecule has 0 bridgehead atoms. The first kappa shape index (κ1) is 9.59. The number of hydrogen-bond acceptors (Lipinski definition) is 5. The number of H-pyrrole nitrogens is 1. The second-order valence-electron chi connectivity index (χ2n) is 3.60. The van der Waals surface area contributed by atoms with Crippen LogP contribution in [0.4, 0.5) is 17.3 Å². The van der Waals surface area contributed by atoms with Gasteiger partial charge in [0.05, 0.1) is 5.52 Å². The van der Waals surface area contributed by atoms with Crippen molar-refractivity contribution in [1.29, 1.82) is 0 Å². The molecule has 2 heterocycles. The minimum atomic E-state index is 0.691. The van der Waals surface area contributed by atoms with Crippen molar-refractivity contribution in [3.05, 3.63) is 36.8 Å². The predicted molar refractivity (Wildman–Crippen MR) is 65.8 cm³/mol. The summed E-state index contributed by atoms with van der Waals surface area (Å²) in [5, 5.41) is 11.1. The summed E-state index contributed by atoms with van der Waals surface area (Å²) in [6.07, 6.45) is 3.14. The Kier molecular flexibility index (Phi) is 2.11. The topological polar surface area (TPSA) is 92.5 Å². The summed E-state index contributed by atoms with van der Waals surface area (Å²) in [4.78, 5) is 7.93. The number of rotatable bonds is 2. The Morgan fingerprint density at radius 3 is 3.00 bits per heavy atom. The van der Waals surface area contributed by atoms with E-state index in [-0.39, 0.29) is 0 Å². The van der Waals surface area contributed by atoms with Gasteiger partial charge in [0.2, 0.25) is 0 Å². The number of hydrogen-bond donors (Lipinski definition) is 3. The fraction of sp³-hybridized carbons (Fsp3) is 0. The Balaban J connectivity index is 2.03. The van der Waals surface area contributed by atoms with Crippen LogP contribution in [0.5, 0.6) is 0 Å². The van der Waals surface area contributed by atoms with Crippen LogP contribution in [0, 0.1) is 0 Å². The highest BCUT2D eigenvalue weighted by Crippen LogP contribution is 2.24. The highest BCUT2D eigenvalue weighted by molar-refractivity contribution is 5.93. The first-order valence-electron chi connectivity index (χ1n) is 5.09. The third-order valence-electron chi connectivity index (χ3n) is 2.42. The lowest BCUT2D eigenvalue weighted by atomic mass is 10.2. The molecule has 0 aliphatic heterocycles. The Morgan fingerprint density at radius 1 is 1.24 bits per heavy atom. The Morgan fingerprint density at radius 2 is 2.18 bits per heavy atom. The highest BCUT2D eigenvalue weighted by Gasteiger charge is 2.06. The third kappa shape index (κ3) is 1.76. The Hall–Kier alpha value is -2.63. The minimum Gasteiger partial charge on any atom is -0.399 e. The van der Waals surface area contributed by atoms with Crippen LogP contribution in [0.15, 0.2) is 36.8 Å². The molecule has 0 saturated heterocycles. The monoisotopic (exact) mass is 226 g/mol. The first-order chi connectivity index (χ1) is 8.33. The van der Waals surface area contributed by atoms with Gasteiger partial charge in [-0.2, -0.15) is 5.10 Å². The summed E-state index contributed by atoms with van der Waals surface area (Å²) in [5.74, 6) is 1.39. The molecule has 1 aromatic carbocycles. The van der Waals surface area contributed by atoms with Crippen LogP contribution in [0.25, 0.3) is 10.9 Å². The van der Waals surface area contributed by atoms with Crippen molar-refractivity contribution < 1.29 is 0 Å². The summed E-state index contributed by atoms with van der Waals surface area (Å²) in [6.45, 7) is 0. The van der Waals surface area contributed by atoms with Gasteiger partial charge in [-0.3, -0.25) is 5.10 Å². The lowest BCUT2D eigenvalue weighted by Gasteiger charge is -2.01. The molecular weight excluding hydrogens is 216 g/mol. The molecule has 0 aliphatic carbocycles. The molecule has 2 aromatic heterocycles. The molecule has 0 saturated carbocycles. The average Bonchev–Trinajstić information content (AvgIpc) is 2.73. The normalized spacial score (nSPS) is 10.6. The van der Waals surface area contributed by atoms with Gasteiger partial charge in [0.1, 0.15) is 12.1 Å². The summed E-state index contributed by atoms with van der Waals surface area (Å²) in [5.41, 5.74) is 7.38. The zero-order chi connectivity index (χ0) is 11.7. The van der Waals surface area contributed by atoms with Gasteiger partial charge >= 0.3 is 0 Å². The Labute approximate surface area is 96.9 Å². The molecule has 3 rings (SSSR count). The molecule has 6 heteroatoms. The zero-order valence-corrected chi connectivity index (χ0v) is 8.88. The predicted octanol–water partition coefficient (Wildman–Crippen LogP) is 1.68. The van der Waals surface area contributed by atoms with Crippen LogP contribution in [-0.2, 0) is 0 Å². The molecule has 0 amide bonds. The number of nitrogens with zero attached hydrogens (tertiary/aromatic N) is 3. The maximum absolute atomic E-state index is 5.75. The summed E-state index contributed by atoms with van der Waals surface area (Å²) in [7, 11) is 0. The molecule has 0 unspecified atom stereocenters. The van der Waals surface area contributed by atoms with E-state index in [0.717, 1.165) is 10.9 Å². The van der Waals surface area contributed by atoms with Crippen molar-refractivity contribution in [1.82, 2.24) is 20.2 Å². The number of aromatic nitrogens is 4. The Bertz CT molecular complexity index is 645. The quantitative estimate of drug-likeness (QED) is 0.578. The second-order valence-corrected chi connectivity index (χ2v) is 3.60. The number of benzene rings is 1. The van der Waals surface area contributed by atoms with Gasteiger partial charge in [0.15, 0.2) is 5.82 Å². The van der Waals surface area contributed by atoms with Gasteiger partial charge in [-0.15, -0.1) is 0 Å². The van der Waals surface area contributed by atoms with E-state index < -0.39 is 0 Å². The fourth-order valence-electron chi connectivity index (χ4n) is 1.61. The van der Waals surface area contributed by atoms with Gasteiger partial charge in [-0.1, -0.05) is 0 Å². The molecule has 6 nitrogen and oxygen atoms in total. The molecule has 0 aliphatic rings. The van der Waals surface area contributed by atoms with E-state index in [1.54, 1.807) is 12.3 Å². The third-order valence-corrected chi connectivity index (χ3v) is 2.42. The zero-order valence-electron chi connectivity index (χ0n) is 8.88. The number of nitrogen functional groups attached to an aromatic ring is 1. The van der Waals surface area contributed by atoms with E-state index in [9.17, 15) is 0 Å². The average molecular weight is 226 g/mol. The van der Waals surface area contributed by atoms with E-state index in [2.05, 4.69) is 25.5 Å². The van der Waals surface area contributed by atoms with Gasteiger partial charge in [-0.05, 0) is 24.3 Å². The van der Waals surface area contributed by atoms with E-state index in [0.29, 0.717) is 17.3 Å². The van der Waals surface area contributed by atoms with Gasteiger partial charge in [0.25, 0.3) is 0 Å². The molecule has 0 spiro atoms. The van der Waals surface area contributed by atoms with Crippen LogP contribution >= 0.6 is 0 Å². The van der Waals surface area contributed by atoms with E-state index >= 15 is 0 Å². The molecule has 0 atom stereocenters. The van der Waals surface area contributed by atoms with Gasteiger partial charge < -0.3 is 11.1 Å². The molecular formula is C11H10N6. The van der Waals surface area contributed by atoms with Crippen LogP contribution < -0.4 is 11.1 Å². The van der Waals surface area contributed by atoms with Crippen LogP contribution in [-0.4, -0.2) is 20.2 Å². The smallest absolute Gasteiger partial charge is 0.161 e. The van der Waals surface area contributed by atoms with E-state index in [1.807, 2.05) is 18.2 Å². The molecule has 0 radical (unpaired) electrons. The van der Waals surface area contributed by atoms with Crippen molar-refractivity contribution in [3.8, 4) is 0 Å². The SMILES string of the molecule is Nc1ccc2[nH]nc(Nc3ccncn3)c2c1. The standard InChI is InChI=1S/C11H10N6/c12-7-1-2-9-8(5-7)11(17-16-9)15-10-3-4-13-6-14-10/h1-6H,12H2,(H2,13,14,15,16,17). The van der Waals surface area contributed by atoms with E-state index in [1.165, 1.54) is 6.33 Å². The van der Waals surface area contributed by atoms with E-state index in [4.69, 9.17) is 5.73 Å². The number of nitrogens with two attached hydrogens (primary N) is 1. The maximum Gasteiger partial charge on any atom is 0.161 e. The number of anilines is 3. The van der Waals surface area contributed by atoms with Crippen LogP contribution in [0.2, 0.25) is 0 Å². The largest absolute Gasteiger partial charge is 0.399 e. The van der Waals surface area contributed by atoms with Crippen molar-refractivity contribution >= 4 is 28.2 Å². The van der Waals surface area contributed by atoms with Crippen molar-refractivity contribution in [2.24, 2.45) is 0 Å². The first-order valence-corrected chi connectivity index (χ1v) is 5.09. The minimum absolute atomic E-state index is 0.691. The number of nitrogens with one attached hydrogen (secondary N) is 2. The van der Waals surface area contributed by atoms with Crippen LogP contribution in [0.3, 0.4) is 0 Å². The summed E-state index contributed by atoms with van der Waals surface area (Å²) < 4.78 is 0. The van der Waals surface area contributed by atoms with Gasteiger partial charge in [-0.25, -0.2) is 9.97 Å². The number of fused-ring (bicyclic) bond motifs is 1.